The summed E-state index contributed by atoms with van der Waals surface area (Å²) in [5.41, 5.74) is 1.42. The van der Waals surface area contributed by atoms with E-state index in [0.717, 1.165) is 0 Å². The number of benzene rings is 2. The van der Waals surface area contributed by atoms with Gasteiger partial charge in [0.2, 0.25) is 0 Å². The number of hydrogen-bond acceptors (Lipinski definition) is 4. The van der Waals surface area contributed by atoms with Crippen molar-refractivity contribution in [2.45, 2.75) is 19.9 Å². The van der Waals surface area contributed by atoms with Gasteiger partial charge >= 0.3 is 12.0 Å². The molecule has 0 aromatic heterocycles. The molecule has 0 spiro atoms. The summed E-state index contributed by atoms with van der Waals surface area (Å²) in [6, 6.07) is 12.9. The Kier molecular flexibility index (Phi) is 7.24. The van der Waals surface area contributed by atoms with Gasteiger partial charge in [0, 0.05) is 16.6 Å². The third-order valence-electron chi connectivity index (χ3n) is 4.60. The molecule has 3 rings (SSSR count). The zero-order valence-electron chi connectivity index (χ0n) is 16.7. The van der Waals surface area contributed by atoms with E-state index in [-0.39, 0.29) is 19.2 Å². The minimum Gasteiger partial charge on any atom is -0.487 e. The van der Waals surface area contributed by atoms with Gasteiger partial charge in [-0.3, -0.25) is 4.90 Å². The minimum absolute atomic E-state index is 0.00713. The van der Waals surface area contributed by atoms with Crippen LogP contribution >= 0.6 is 23.2 Å². The molecule has 6 nitrogen and oxygen atoms in total. The summed E-state index contributed by atoms with van der Waals surface area (Å²) < 4.78 is 11.2. The molecular weight excluding hydrogens is 427 g/mol. The second-order valence-corrected chi connectivity index (χ2v) is 7.38. The number of amides is 2. The summed E-state index contributed by atoms with van der Waals surface area (Å²) in [6.07, 6.45) is 0. The van der Waals surface area contributed by atoms with E-state index >= 15 is 0 Å². The second kappa shape index (κ2) is 9.87. The number of nitrogens with zero attached hydrogens (tertiary/aromatic N) is 1. The Hall–Kier alpha value is -2.70. The first-order valence-electron chi connectivity index (χ1n) is 9.56. The van der Waals surface area contributed by atoms with Gasteiger partial charge in [-0.25, -0.2) is 9.59 Å². The van der Waals surface area contributed by atoms with E-state index in [1.165, 1.54) is 4.90 Å². The molecule has 0 fully saturated rings. The van der Waals surface area contributed by atoms with Crippen molar-refractivity contribution in [3.8, 4) is 5.75 Å². The van der Waals surface area contributed by atoms with E-state index in [4.69, 9.17) is 32.7 Å². The van der Waals surface area contributed by atoms with Crippen molar-refractivity contribution in [2.75, 3.05) is 19.8 Å². The molecule has 1 N–H and O–H groups in total. The van der Waals surface area contributed by atoms with Gasteiger partial charge in [0.05, 0.1) is 23.9 Å². The van der Waals surface area contributed by atoms with E-state index in [1.807, 2.05) is 6.92 Å². The molecule has 0 aliphatic carbocycles. The molecule has 1 heterocycles. The van der Waals surface area contributed by atoms with Crippen molar-refractivity contribution in [2.24, 2.45) is 0 Å². The first-order chi connectivity index (χ1) is 14.4. The molecule has 0 bridgehead atoms. The summed E-state index contributed by atoms with van der Waals surface area (Å²) in [4.78, 5) is 27.2. The molecule has 1 aliphatic rings. The molecular formula is C22H22Cl2N2O4. The minimum atomic E-state index is -0.712. The van der Waals surface area contributed by atoms with Crippen LogP contribution in [0.1, 0.15) is 25.5 Å². The van der Waals surface area contributed by atoms with Crippen LogP contribution in [-0.2, 0) is 9.53 Å². The van der Waals surface area contributed by atoms with Crippen molar-refractivity contribution >= 4 is 35.2 Å². The van der Waals surface area contributed by atoms with Gasteiger partial charge in [0.25, 0.3) is 0 Å². The predicted molar refractivity (Wildman–Crippen MR) is 116 cm³/mol. The molecule has 1 atom stereocenters. The summed E-state index contributed by atoms with van der Waals surface area (Å²) >= 11 is 12.2. The number of hydrogen-bond donors (Lipinski definition) is 1. The van der Waals surface area contributed by atoms with E-state index in [2.05, 4.69) is 5.32 Å². The highest BCUT2D eigenvalue weighted by molar-refractivity contribution is 6.31. The molecule has 2 aromatic rings. The molecule has 30 heavy (non-hydrogen) atoms. The Labute approximate surface area is 185 Å². The van der Waals surface area contributed by atoms with Crippen molar-refractivity contribution in [1.29, 1.82) is 0 Å². The van der Waals surface area contributed by atoms with Crippen molar-refractivity contribution in [1.82, 2.24) is 10.2 Å². The highest BCUT2D eigenvalue weighted by atomic mass is 35.5. The molecule has 1 aliphatic heterocycles. The Morgan fingerprint density at radius 3 is 2.43 bits per heavy atom. The number of likely N-dealkylation sites (N-methyl/N-ethyl adjacent to an activating group) is 1. The third-order valence-corrected chi connectivity index (χ3v) is 5.07. The smallest absolute Gasteiger partial charge is 0.338 e. The van der Waals surface area contributed by atoms with Crippen molar-refractivity contribution < 1.29 is 19.1 Å². The normalized spacial score (nSPS) is 16.3. The van der Waals surface area contributed by atoms with Gasteiger partial charge in [-0.2, -0.15) is 0 Å². The molecule has 0 unspecified atom stereocenters. The van der Waals surface area contributed by atoms with Gasteiger partial charge < -0.3 is 14.8 Å². The lowest BCUT2D eigenvalue weighted by atomic mass is 9.94. The third kappa shape index (κ3) is 4.89. The number of nitrogens with one attached hydrogen (secondary N) is 1. The van der Waals surface area contributed by atoms with Crippen LogP contribution in [0, 0.1) is 0 Å². The topological polar surface area (TPSA) is 67.9 Å². The van der Waals surface area contributed by atoms with Gasteiger partial charge in [-0.1, -0.05) is 41.4 Å². The predicted octanol–water partition coefficient (Wildman–Crippen LogP) is 4.98. The average Bonchev–Trinajstić information content (AvgIpc) is 2.72. The quantitative estimate of drug-likeness (QED) is 0.606. The van der Waals surface area contributed by atoms with E-state index in [0.29, 0.717) is 39.2 Å². The van der Waals surface area contributed by atoms with Gasteiger partial charge in [0.15, 0.2) is 0 Å². The zero-order valence-corrected chi connectivity index (χ0v) is 18.2. The maximum absolute atomic E-state index is 12.9. The van der Waals surface area contributed by atoms with E-state index < -0.39 is 12.0 Å². The monoisotopic (exact) mass is 448 g/mol. The Bertz CT molecular complexity index is 977. The van der Waals surface area contributed by atoms with Crippen LogP contribution in [0.25, 0.3) is 0 Å². The summed E-state index contributed by atoms with van der Waals surface area (Å²) in [6.45, 7) is 4.10. The lowest BCUT2D eigenvalue weighted by Crippen LogP contribution is -2.49. The Morgan fingerprint density at radius 2 is 1.80 bits per heavy atom. The number of halogens is 2. The highest BCUT2D eigenvalue weighted by Gasteiger charge is 2.38. The first kappa shape index (κ1) is 22.0. The number of rotatable bonds is 7. The summed E-state index contributed by atoms with van der Waals surface area (Å²) in [5.74, 6) is 0.00479. The zero-order chi connectivity index (χ0) is 21.7. The summed E-state index contributed by atoms with van der Waals surface area (Å²) in [7, 11) is 0. The maximum atomic E-state index is 12.9. The van der Waals surface area contributed by atoms with Crippen LogP contribution < -0.4 is 10.1 Å². The first-order valence-corrected chi connectivity index (χ1v) is 10.3. The molecule has 2 amide bonds. The van der Waals surface area contributed by atoms with Crippen molar-refractivity contribution in [3.63, 3.8) is 0 Å². The van der Waals surface area contributed by atoms with E-state index in [1.54, 1.807) is 55.5 Å². The van der Waals surface area contributed by atoms with Crippen molar-refractivity contribution in [3.05, 3.63) is 75.4 Å². The SMILES string of the molecule is CCOC(=O)C1=C(COc2cccc(Cl)c2)N(CC)C(=O)N[C@H]1c1cccc(Cl)c1. The molecule has 0 radical (unpaired) electrons. The molecule has 2 aromatic carbocycles. The molecule has 0 saturated heterocycles. The van der Waals surface area contributed by atoms with Gasteiger partial charge in [0.1, 0.15) is 12.4 Å². The Balaban J connectivity index is 2.07. The van der Waals surface area contributed by atoms with E-state index in [9.17, 15) is 9.59 Å². The molecule has 0 saturated carbocycles. The number of carbonyl (C=O) groups excluding carboxylic acids is 2. The maximum Gasteiger partial charge on any atom is 0.338 e. The summed E-state index contributed by atoms with van der Waals surface area (Å²) in [5, 5.41) is 3.91. The number of ether oxygens (including phenoxy) is 2. The number of urea groups is 1. The molecule has 158 valence electrons. The molecule has 8 heteroatoms. The Morgan fingerprint density at radius 1 is 1.10 bits per heavy atom. The number of esters is 1. The fourth-order valence-electron chi connectivity index (χ4n) is 3.29. The lowest BCUT2D eigenvalue weighted by Gasteiger charge is -2.36. The standard InChI is InChI=1S/C22H22Cl2N2O4/c1-3-26-18(13-30-17-10-6-9-16(24)12-17)19(21(27)29-4-2)20(25-22(26)28)14-7-5-8-15(23)11-14/h5-12,20H,3-4,13H2,1-2H3,(H,25,28)/t20-/m0/s1. The van der Waals surface area contributed by atoms with Crippen LogP contribution in [0.5, 0.6) is 5.75 Å². The second-order valence-electron chi connectivity index (χ2n) is 6.51. The van der Waals surface area contributed by atoms with Crippen LogP contribution in [0.15, 0.2) is 59.8 Å². The number of carbonyl (C=O) groups is 2. The van der Waals surface area contributed by atoms with Crippen LogP contribution in [-0.4, -0.2) is 36.7 Å². The van der Waals surface area contributed by atoms with Crippen LogP contribution in [0.4, 0.5) is 4.79 Å². The highest BCUT2D eigenvalue weighted by Crippen LogP contribution is 2.33. The fraction of sp³-hybridized carbons (Fsp3) is 0.273. The average molecular weight is 449 g/mol. The fourth-order valence-corrected chi connectivity index (χ4v) is 3.67. The lowest BCUT2D eigenvalue weighted by molar-refractivity contribution is -0.139. The largest absolute Gasteiger partial charge is 0.487 e. The van der Waals surface area contributed by atoms with Gasteiger partial charge in [-0.05, 0) is 49.7 Å². The van der Waals surface area contributed by atoms with Crippen LogP contribution in [0.3, 0.4) is 0 Å². The van der Waals surface area contributed by atoms with Crippen LogP contribution in [0.2, 0.25) is 10.0 Å². The van der Waals surface area contributed by atoms with Gasteiger partial charge in [-0.15, -0.1) is 0 Å².